The monoisotopic (exact) mass is 277 g/mol. The van der Waals surface area contributed by atoms with E-state index in [-0.39, 0.29) is 5.75 Å². The predicted octanol–water partition coefficient (Wildman–Crippen LogP) is 4.46. The third-order valence-electron chi connectivity index (χ3n) is 3.06. The fourth-order valence-electron chi connectivity index (χ4n) is 2.05. The molecule has 2 nitrogen and oxygen atoms in total. The van der Waals surface area contributed by atoms with Gasteiger partial charge in [-0.3, -0.25) is 0 Å². The van der Waals surface area contributed by atoms with Crippen molar-refractivity contribution >= 4 is 5.69 Å². The van der Waals surface area contributed by atoms with Crippen LogP contribution in [0, 0.1) is 0 Å². The van der Waals surface area contributed by atoms with Crippen LogP contribution in [-0.2, 0) is 13.0 Å². The molecule has 0 heterocycles. The smallest absolute Gasteiger partial charge is 0.387 e. The van der Waals surface area contributed by atoms with E-state index in [2.05, 4.69) is 17.0 Å². The fourth-order valence-corrected chi connectivity index (χ4v) is 2.05. The van der Waals surface area contributed by atoms with Gasteiger partial charge in [0.2, 0.25) is 0 Å². The van der Waals surface area contributed by atoms with Crippen LogP contribution in [-0.4, -0.2) is 6.61 Å². The number of hydrogen-bond acceptors (Lipinski definition) is 2. The number of halogens is 2. The Labute approximate surface area is 117 Å². The summed E-state index contributed by atoms with van der Waals surface area (Å²) in [6, 6.07) is 14.8. The summed E-state index contributed by atoms with van der Waals surface area (Å²) in [6.45, 7) is -0.284. The molecule has 0 spiro atoms. The van der Waals surface area contributed by atoms with Gasteiger partial charge in [0, 0.05) is 17.8 Å². The summed E-state index contributed by atoms with van der Waals surface area (Å²) in [6.07, 6.45) is 0.915. The highest BCUT2D eigenvalue weighted by Gasteiger charge is 2.09. The van der Waals surface area contributed by atoms with E-state index in [1.807, 2.05) is 24.3 Å². The molecule has 0 bridgehead atoms. The first-order valence-corrected chi connectivity index (χ1v) is 6.55. The molecule has 20 heavy (non-hydrogen) atoms. The van der Waals surface area contributed by atoms with Crippen LogP contribution in [0.15, 0.2) is 48.5 Å². The molecule has 0 aliphatic carbocycles. The maximum Gasteiger partial charge on any atom is 0.387 e. The van der Waals surface area contributed by atoms with Crippen LogP contribution < -0.4 is 10.1 Å². The van der Waals surface area contributed by atoms with Crippen LogP contribution in [0.3, 0.4) is 0 Å². The van der Waals surface area contributed by atoms with Crippen molar-refractivity contribution in [3.63, 3.8) is 0 Å². The molecule has 0 saturated heterocycles. The van der Waals surface area contributed by atoms with Gasteiger partial charge in [-0.1, -0.05) is 43.3 Å². The molecule has 106 valence electrons. The Bertz CT molecular complexity index is 558. The summed E-state index contributed by atoms with van der Waals surface area (Å²) >= 11 is 0. The first-order chi connectivity index (χ1) is 9.70. The third-order valence-corrected chi connectivity index (χ3v) is 3.06. The van der Waals surface area contributed by atoms with E-state index in [0.717, 1.165) is 12.1 Å². The lowest BCUT2D eigenvalue weighted by molar-refractivity contribution is -0.0504. The lowest BCUT2D eigenvalue weighted by Crippen LogP contribution is -2.07. The Morgan fingerprint density at radius 2 is 1.65 bits per heavy atom. The molecule has 0 saturated carbocycles. The predicted molar refractivity (Wildman–Crippen MR) is 76.2 cm³/mol. The Hall–Kier alpha value is -2.10. The Morgan fingerprint density at radius 1 is 1.00 bits per heavy atom. The summed E-state index contributed by atoms with van der Waals surface area (Å²) < 4.78 is 29.2. The van der Waals surface area contributed by atoms with E-state index in [1.165, 1.54) is 5.56 Å². The zero-order valence-electron chi connectivity index (χ0n) is 11.3. The Morgan fingerprint density at radius 3 is 2.35 bits per heavy atom. The number of nitrogens with one attached hydrogen (secondary N) is 1. The summed E-state index contributed by atoms with van der Waals surface area (Å²) in [5, 5.41) is 3.27. The van der Waals surface area contributed by atoms with E-state index in [0.29, 0.717) is 12.1 Å². The molecular formula is C16H17F2NO. The van der Waals surface area contributed by atoms with Crippen LogP contribution in [0.4, 0.5) is 14.5 Å². The Balaban J connectivity index is 2.11. The molecule has 0 aliphatic rings. The summed E-state index contributed by atoms with van der Waals surface area (Å²) in [7, 11) is 0. The Kier molecular flexibility index (Phi) is 4.93. The molecule has 0 radical (unpaired) electrons. The van der Waals surface area contributed by atoms with Crippen molar-refractivity contribution in [2.45, 2.75) is 26.5 Å². The van der Waals surface area contributed by atoms with Gasteiger partial charge in [-0.05, 0) is 24.1 Å². The highest BCUT2D eigenvalue weighted by Crippen LogP contribution is 2.22. The molecule has 0 aromatic heterocycles. The second-order valence-corrected chi connectivity index (χ2v) is 4.35. The average Bonchev–Trinajstić information content (AvgIpc) is 2.46. The van der Waals surface area contributed by atoms with Gasteiger partial charge in [0.05, 0.1) is 0 Å². The maximum atomic E-state index is 12.3. The number of rotatable bonds is 6. The number of benzene rings is 2. The van der Waals surface area contributed by atoms with Crippen LogP contribution in [0.1, 0.15) is 18.1 Å². The zero-order valence-corrected chi connectivity index (χ0v) is 11.3. The lowest BCUT2D eigenvalue weighted by Gasteiger charge is -2.14. The van der Waals surface area contributed by atoms with Gasteiger partial charge in [-0.15, -0.1) is 0 Å². The number of ether oxygens (including phenoxy) is 1. The quantitative estimate of drug-likeness (QED) is 0.841. The van der Waals surface area contributed by atoms with Gasteiger partial charge in [-0.2, -0.15) is 8.78 Å². The summed E-state index contributed by atoms with van der Waals surface area (Å²) in [5.41, 5.74) is 2.92. The number of alkyl halides is 2. The zero-order chi connectivity index (χ0) is 14.4. The van der Waals surface area contributed by atoms with Crippen LogP contribution >= 0.6 is 0 Å². The van der Waals surface area contributed by atoms with E-state index in [9.17, 15) is 8.78 Å². The van der Waals surface area contributed by atoms with Crippen molar-refractivity contribution in [2.75, 3.05) is 5.32 Å². The highest BCUT2D eigenvalue weighted by molar-refractivity contribution is 5.52. The first-order valence-electron chi connectivity index (χ1n) is 6.55. The second-order valence-electron chi connectivity index (χ2n) is 4.35. The SMILES string of the molecule is CCc1ccccc1NCc1ccccc1OC(F)F. The summed E-state index contributed by atoms with van der Waals surface area (Å²) in [4.78, 5) is 0. The second kappa shape index (κ2) is 6.89. The molecule has 1 N–H and O–H groups in total. The number of anilines is 1. The molecule has 0 fully saturated rings. The normalized spacial score (nSPS) is 10.6. The van der Waals surface area contributed by atoms with Crippen LogP contribution in [0.2, 0.25) is 0 Å². The number of aryl methyl sites for hydroxylation is 1. The largest absolute Gasteiger partial charge is 0.434 e. The van der Waals surface area contributed by atoms with Crippen molar-refractivity contribution in [1.29, 1.82) is 0 Å². The van der Waals surface area contributed by atoms with Gasteiger partial charge in [0.1, 0.15) is 5.75 Å². The van der Waals surface area contributed by atoms with Crippen molar-refractivity contribution in [1.82, 2.24) is 0 Å². The lowest BCUT2D eigenvalue weighted by atomic mass is 10.1. The molecule has 2 aromatic carbocycles. The molecule has 0 atom stereocenters. The maximum absolute atomic E-state index is 12.3. The minimum absolute atomic E-state index is 0.212. The minimum Gasteiger partial charge on any atom is -0.434 e. The number of hydrogen-bond donors (Lipinski definition) is 1. The van der Waals surface area contributed by atoms with Gasteiger partial charge in [0.15, 0.2) is 0 Å². The topological polar surface area (TPSA) is 21.3 Å². The van der Waals surface area contributed by atoms with Crippen molar-refractivity contribution in [3.05, 3.63) is 59.7 Å². The molecular weight excluding hydrogens is 260 g/mol. The molecule has 2 aromatic rings. The van der Waals surface area contributed by atoms with Crippen LogP contribution in [0.5, 0.6) is 5.75 Å². The van der Waals surface area contributed by atoms with E-state index >= 15 is 0 Å². The molecule has 0 amide bonds. The molecule has 2 rings (SSSR count). The minimum atomic E-state index is -2.81. The fraction of sp³-hybridized carbons (Fsp3) is 0.250. The molecule has 4 heteroatoms. The van der Waals surface area contributed by atoms with Crippen molar-refractivity contribution < 1.29 is 13.5 Å². The highest BCUT2D eigenvalue weighted by atomic mass is 19.3. The van der Waals surface area contributed by atoms with E-state index in [1.54, 1.807) is 24.3 Å². The van der Waals surface area contributed by atoms with E-state index in [4.69, 9.17) is 0 Å². The molecule has 0 unspecified atom stereocenters. The van der Waals surface area contributed by atoms with Crippen molar-refractivity contribution in [2.24, 2.45) is 0 Å². The van der Waals surface area contributed by atoms with Gasteiger partial charge in [0.25, 0.3) is 0 Å². The third kappa shape index (κ3) is 3.70. The standard InChI is InChI=1S/C16H17F2NO/c1-2-12-7-3-5-9-14(12)19-11-13-8-4-6-10-15(13)20-16(17)18/h3-10,16,19H,2,11H2,1H3. The summed E-state index contributed by atoms with van der Waals surface area (Å²) in [5.74, 6) is 0.212. The van der Waals surface area contributed by atoms with Crippen LogP contribution in [0.25, 0.3) is 0 Å². The van der Waals surface area contributed by atoms with Crippen molar-refractivity contribution in [3.8, 4) is 5.75 Å². The van der Waals surface area contributed by atoms with E-state index < -0.39 is 6.61 Å². The first kappa shape index (κ1) is 14.3. The molecule has 0 aliphatic heterocycles. The van der Waals surface area contributed by atoms with Gasteiger partial charge < -0.3 is 10.1 Å². The van der Waals surface area contributed by atoms with Gasteiger partial charge in [-0.25, -0.2) is 0 Å². The van der Waals surface area contributed by atoms with Gasteiger partial charge >= 0.3 is 6.61 Å². The number of para-hydroxylation sites is 2. The average molecular weight is 277 g/mol.